The Morgan fingerprint density at radius 1 is 1.00 bits per heavy atom. The van der Waals surface area contributed by atoms with Crippen molar-refractivity contribution in [1.82, 2.24) is 15.1 Å². The molecule has 1 N–H and O–H groups in total. The Morgan fingerprint density at radius 2 is 1.78 bits per heavy atom. The molecule has 4 rings (SSSR count). The zero-order chi connectivity index (χ0) is 15.6. The maximum atomic E-state index is 12.2. The van der Waals surface area contributed by atoms with Gasteiger partial charge in [-0.05, 0) is 74.9 Å². The third-order valence-electron chi connectivity index (χ3n) is 5.12. The standard InChI is InChI=1S/C19H23N3O/c23-19-8-7-18(21-22(19)17-9-11-20-12-10-17)16-6-5-14-3-1-2-4-15(14)13-16/h5-8,13,17,20H,1-4,9-12H2. The molecule has 0 amide bonds. The summed E-state index contributed by atoms with van der Waals surface area (Å²) in [7, 11) is 0. The summed E-state index contributed by atoms with van der Waals surface area (Å²) in [6.45, 7) is 1.92. The molecule has 1 aliphatic carbocycles. The lowest BCUT2D eigenvalue weighted by Gasteiger charge is -2.24. The number of hydrogen-bond acceptors (Lipinski definition) is 3. The SMILES string of the molecule is O=c1ccc(-c2ccc3c(c2)CCCC3)nn1C1CCNCC1. The van der Waals surface area contributed by atoms with Gasteiger partial charge in [-0.25, -0.2) is 4.68 Å². The Labute approximate surface area is 136 Å². The van der Waals surface area contributed by atoms with Crippen LogP contribution in [0, 0.1) is 0 Å². The summed E-state index contributed by atoms with van der Waals surface area (Å²) in [6.07, 6.45) is 6.87. The molecular weight excluding hydrogens is 286 g/mol. The summed E-state index contributed by atoms with van der Waals surface area (Å²) in [5, 5.41) is 8.03. The summed E-state index contributed by atoms with van der Waals surface area (Å²) < 4.78 is 1.70. The van der Waals surface area contributed by atoms with Crippen molar-refractivity contribution < 1.29 is 0 Å². The number of fused-ring (bicyclic) bond motifs is 1. The lowest BCUT2D eigenvalue weighted by molar-refractivity contribution is 0.332. The Bertz CT molecular complexity index is 759. The van der Waals surface area contributed by atoms with Crippen LogP contribution in [0.15, 0.2) is 35.1 Å². The lowest BCUT2D eigenvalue weighted by atomic mass is 9.90. The quantitative estimate of drug-likeness (QED) is 0.928. The van der Waals surface area contributed by atoms with Gasteiger partial charge in [0.15, 0.2) is 0 Å². The second-order valence-electron chi connectivity index (χ2n) is 6.67. The minimum absolute atomic E-state index is 0.0126. The fourth-order valence-electron chi connectivity index (χ4n) is 3.78. The smallest absolute Gasteiger partial charge is 0.267 e. The Balaban J connectivity index is 1.70. The van der Waals surface area contributed by atoms with E-state index in [9.17, 15) is 4.79 Å². The number of piperidine rings is 1. The molecule has 0 unspecified atom stereocenters. The van der Waals surface area contributed by atoms with Crippen LogP contribution >= 0.6 is 0 Å². The van der Waals surface area contributed by atoms with Crippen molar-refractivity contribution in [1.29, 1.82) is 0 Å². The second-order valence-corrected chi connectivity index (χ2v) is 6.67. The van der Waals surface area contributed by atoms with Gasteiger partial charge >= 0.3 is 0 Å². The molecule has 4 heteroatoms. The van der Waals surface area contributed by atoms with Crippen LogP contribution < -0.4 is 10.9 Å². The molecule has 0 spiro atoms. The molecule has 1 aliphatic heterocycles. The molecule has 2 heterocycles. The number of aromatic nitrogens is 2. The summed E-state index contributed by atoms with van der Waals surface area (Å²) >= 11 is 0. The molecule has 0 bridgehead atoms. The first kappa shape index (κ1) is 14.6. The van der Waals surface area contributed by atoms with Gasteiger partial charge in [-0.1, -0.05) is 12.1 Å². The summed E-state index contributed by atoms with van der Waals surface area (Å²) in [5.41, 5.74) is 4.99. The minimum atomic E-state index is 0.0126. The second kappa shape index (κ2) is 6.28. The Hall–Kier alpha value is -1.94. The zero-order valence-electron chi connectivity index (χ0n) is 13.4. The maximum absolute atomic E-state index is 12.2. The van der Waals surface area contributed by atoms with Gasteiger partial charge < -0.3 is 5.32 Å². The Morgan fingerprint density at radius 3 is 2.61 bits per heavy atom. The summed E-state index contributed by atoms with van der Waals surface area (Å²) in [4.78, 5) is 12.2. The number of hydrogen-bond donors (Lipinski definition) is 1. The van der Waals surface area contributed by atoms with Gasteiger partial charge in [-0.3, -0.25) is 4.79 Å². The van der Waals surface area contributed by atoms with Crippen LogP contribution in [0.25, 0.3) is 11.3 Å². The minimum Gasteiger partial charge on any atom is -0.317 e. The van der Waals surface area contributed by atoms with E-state index in [-0.39, 0.29) is 11.6 Å². The molecule has 0 saturated carbocycles. The topological polar surface area (TPSA) is 46.9 Å². The van der Waals surface area contributed by atoms with E-state index in [4.69, 9.17) is 5.10 Å². The molecule has 1 aromatic heterocycles. The maximum Gasteiger partial charge on any atom is 0.267 e. The highest BCUT2D eigenvalue weighted by molar-refractivity contribution is 5.60. The van der Waals surface area contributed by atoms with E-state index in [1.165, 1.54) is 30.4 Å². The van der Waals surface area contributed by atoms with E-state index in [1.807, 2.05) is 6.07 Å². The van der Waals surface area contributed by atoms with E-state index >= 15 is 0 Å². The van der Waals surface area contributed by atoms with Crippen LogP contribution in [0.3, 0.4) is 0 Å². The first-order valence-corrected chi connectivity index (χ1v) is 8.74. The van der Waals surface area contributed by atoms with Crippen molar-refractivity contribution in [3.05, 3.63) is 51.8 Å². The predicted octanol–water partition coefficient (Wildman–Crippen LogP) is 2.71. The van der Waals surface area contributed by atoms with E-state index < -0.39 is 0 Å². The van der Waals surface area contributed by atoms with Crippen molar-refractivity contribution in [3.63, 3.8) is 0 Å². The molecule has 1 aromatic carbocycles. The van der Waals surface area contributed by atoms with Crippen LogP contribution in [0.1, 0.15) is 42.9 Å². The fourth-order valence-corrected chi connectivity index (χ4v) is 3.78. The molecular formula is C19H23N3O. The summed E-state index contributed by atoms with van der Waals surface area (Å²) in [5.74, 6) is 0. The predicted molar refractivity (Wildman–Crippen MR) is 91.7 cm³/mol. The number of nitrogens with one attached hydrogen (secondary N) is 1. The van der Waals surface area contributed by atoms with Gasteiger partial charge in [0.1, 0.15) is 0 Å². The van der Waals surface area contributed by atoms with Gasteiger partial charge in [-0.15, -0.1) is 0 Å². The van der Waals surface area contributed by atoms with Crippen molar-refractivity contribution in [2.75, 3.05) is 13.1 Å². The van der Waals surface area contributed by atoms with E-state index in [1.54, 1.807) is 10.7 Å². The van der Waals surface area contributed by atoms with Crippen LogP contribution in [-0.2, 0) is 12.8 Å². The molecule has 120 valence electrons. The number of benzene rings is 1. The molecule has 2 aromatic rings. The average Bonchev–Trinajstić information content (AvgIpc) is 2.62. The van der Waals surface area contributed by atoms with Gasteiger partial charge in [0.05, 0.1) is 11.7 Å². The largest absolute Gasteiger partial charge is 0.317 e. The zero-order valence-corrected chi connectivity index (χ0v) is 13.4. The van der Waals surface area contributed by atoms with Crippen LogP contribution in [-0.4, -0.2) is 22.9 Å². The molecule has 2 aliphatic rings. The average molecular weight is 309 g/mol. The number of aryl methyl sites for hydroxylation is 2. The summed E-state index contributed by atoms with van der Waals surface area (Å²) in [6, 6.07) is 10.4. The highest BCUT2D eigenvalue weighted by Crippen LogP contribution is 2.26. The van der Waals surface area contributed by atoms with Crippen molar-refractivity contribution in [2.45, 2.75) is 44.6 Å². The number of nitrogens with zero attached hydrogens (tertiary/aromatic N) is 2. The van der Waals surface area contributed by atoms with Gasteiger partial charge in [0.2, 0.25) is 0 Å². The molecule has 4 nitrogen and oxygen atoms in total. The van der Waals surface area contributed by atoms with E-state index in [2.05, 4.69) is 23.5 Å². The molecule has 0 atom stereocenters. The first-order chi connectivity index (χ1) is 11.3. The van der Waals surface area contributed by atoms with Crippen molar-refractivity contribution in [2.24, 2.45) is 0 Å². The van der Waals surface area contributed by atoms with Crippen LogP contribution in [0.4, 0.5) is 0 Å². The first-order valence-electron chi connectivity index (χ1n) is 8.74. The fraction of sp³-hybridized carbons (Fsp3) is 0.474. The van der Waals surface area contributed by atoms with Gasteiger partial charge in [0, 0.05) is 11.6 Å². The van der Waals surface area contributed by atoms with E-state index in [0.29, 0.717) is 0 Å². The van der Waals surface area contributed by atoms with Gasteiger partial charge in [-0.2, -0.15) is 5.10 Å². The monoisotopic (exact) mass is 309 g/mol. The van der Waals surface area contributed by atoms with Gasteiger partial charge in [0.25, 0.3) is 5.56 Å². The van der Waals surface area contributed by atoms with Crippen LogP contribution in [0.2, 0.25) is 0 Å². The molecule has 1 fully saturated rings. The van der Waals surface area contributed by atoms with Crippen molar-refractivity contribution in [3.8, 4) is 11.3 Å². The third-order valence-corrected chi connectivity index (χ3v) is 5.12. The third kappa shape index (κ3) is 2.95. The highest BCUT2D eigenvalue weighted by Gasteiger charge is 2.18. The Kier molecular flexibility index (Phi) is 4.00. The molecule has 1 saturated heterocycles. The van der Waals surface area contributed by atoms with Crippen molar-refractivity contribution >= 4 is 0 Å². The van der Waals surface area contributed by atoms with Crippen LogP contribution in [0.5, 0.6) is 0 Å². The highest BCUT2D eigenvalue weighted by atomic mass is 16.1. The normalized spacial score (nSPS) is 18.6. The molecule has 0 radical (unpaired) electrons. The number of rotatable bonds is 2. The molecule has 23 heavy (non-hydrogen) atoms. The van der Waals surface area contributed by atoms with E-state index in [0.717, 1.165) is 43.6 Å². The lowest BCUT2D eigenvalue weighted by Crippen LogP contribution is -2.35.